The number of alkyl halides is 7. The number of halogens is 7. The van der Waals surface area contributed by atoms with Crippen LogP contribution in [0.1, 0.15) is 16.7 Å². The van der Waals surface area contributed by atoms with Crippen LogP contribution < -0.4 is 0 Å². The van der Waals surface area contributed by atoms with E-state index in [9.17, 15) is 0 Å². The predicted molar refractivity (Wildman–Crippen MR) is 74.5 cm³/mol. The van der Waals surface area contributed by atoms with Gasteiger partial charge in [-0.15, -0.1) is 11.6 Å². The highest BCUT2D eigenvalue weighted by Crippen LogP contribution is 2.44. The van der Waals surface area contributed by atoms with Gasteiger partial charge < -0.3 is 0 Å². The monoisotopic (exact) mass is 358 g/mol. The minimum absolute atomic E-state index is 0.238. The van der Waals surface area contributed by atoms with E-state index in [0.717, 1.165) is 0 Å². The van der Waals surface area contributed by atoms with Crippen molar-refractivity contribution in [3.63, 3.8) is 0 Å². The fourth-order valence-electron chi connectivity index (χ4n) is 1.10. The number of hydrogen-bond acceptors (Lipinski definition) is 0. The van der Waals surface area contributed by atoms with Gasteiger partial charge in [0, 0.05) is 17.0 Å². The fourth-order valence-corrected chi connectivity index (χ4v) is 1.91. The van der Waals surface area contributed by atoms with E-state index in [-0.39, 0.29) is 5.88 Å². The molecule has 0 aliphatic rings. The molecule has 0 aliphatic carbocycles. The van der Waals surface area contributed by atoms with Crippen molar-refractivity contribution in [1.29, 1.82) is 0 Å². The second kappa shape index (κ2) is 5.48. The van der Waals surface area contributed by atoms with Gasteiger partial charge in [0.15, 0.2) is 0 Å². The van der Waals surface area contributed by atoms with Gasteiger partial charge in [0.25, 0.3) is 0 Å². The zero-order valence-corrected chi connectivity index (χ0v) is 12.9. The summed E-state index contributed by atoms with van der Waals surface area (Å²) < 4.78 is -3.15. The molecule has 0 saturated heterocycles. The number of benzene rings is 1. The third-order valence-electron chi connectivity index (χ3n) is 1.80. The van der Waals surface area contributed by atoms with Crippen molar-refractivity contribution < 1.29 is 0 Å². The Morgan fingerprint density at radius 1 is 0.750 bits per heavy atom. The lowest BCUT2D eigenvalue weighted by molar-refractivity contribution is 1.14. The van der Waals surface area contributed by atoms with Crippen LogP contribution in [0.25, 0.3) is 0 Å². The smallest absolute Gasteiger partial charge is 0.122 e. The molecule has 16 heavy (non-hydrogen) atoms. The highest BCUT2D eigenvalue weighted by molar-refractivity contribution is 6.67. The van der Waals surface area contributed by atoms with Gasteiger partial charge in [0.05, 0.1) is 0 Å². The van der Waals surface area contributed by atoms with E-state index in [1.807, 2.05) is 0 Å². The van der Waals surface area contributed by atoms with E-state index in [1.54, 1.807) is 12.1 Å². The Hall–Kier alpha value is 1.25. The quantitative estimate of drug-likeness (QED) is 0.532. The van der Waals surface area contributed by atoms with Crippen LogP contribution in [0.3, 0.4) is 0 Å². The van der Waals surface area contributed by atoms with Crippen molar-refractivity contribution in [2.45, 2.75) is 13.5 Å². The van der Waals surface area contributed by atoms with Gasteiger partial charge >= 0.3 is 0 Å². The maximum Gasteiger partial charge on any atom is 0.216 e. The van der Waals surface area contributed by atoms with Gasteiger partial charge in [0.1, 0.15) is 0 Å². The molecular weight excluding hydrogens is 356 g/mol. The molecule has 7 heteroatoms. The van der Waals surface area contributed by atoms with E-state index >= 15 is 0 Å². The summed E-state index contributed by atoms with van der Waals surface area (Å²) in [6, 6.07) is 4.83. The zero-order valence-electron chi connectivity index (χ0n) is 7.58. The molecule has 0 aromatic heterocycles. The van der Waals surface area contributed by atoms with Crippen LogP contribution in [-0.4, -0.2) is 0 Å². The lowest BCUT2D eigenvalue weighted by Crippen LogP contribution is -2.07. The Morgan fingerprint density at radius 3 is 1.38 bits per heavy atom. The van der Waals surface area contributed by atoms with E-state index in [0.29, 0.717) is 16.7 Å². The second-order valence-corrected chi connectivity index (χ2v) is 7.88. The minimum Gasteiger partial charge on any atom is -0.122 e. The van der Waals surface area contributed by atoms with Crippen molar-refractivity contribution in [2.75, 3.05) is 0 Å². The van der Waals surface area contributed by atoms with Crippen molar-refractivity contribution in [1.82, 2.24) is 0 Å². The second-order valence-electron chi connectivity index (χ2n) is 3.05. The summed E-state index contributed by atoms with van der Waals surface area (Å²) in [6.45, 7) is 0. The third-order valence-corrected chi connectivity index (χ3v) is 3.42. The first-order valence-electron chi connectivity index (χ1n) is 3.99. The van der Waals surface area contributed by atoms with Crippen molar-refractivity contribution >= 4 is 81.2 Å². The average molecular weight is 361 g/mol. The maximum atomic E-state index is 5.77. The number of rotatable bonds is 1. The van der Waals surface area contributed by atoms with E-state index < -0.39 is 7.59 Å². The van der Waals surface area contributed by atoms with Crippen LogP contribution >= 0.6 is 81.2 Å². The SMILES string of the molecule is ClCc1cc(C(Cl)(Cl)Cl)cc(C(Cl)(Cl)Cl)c1. The van der Waals surface area contributed by atoms with Crippen molar-refractivity contribution in [2.24, 2.45) is 0 Å². The zero-order chi connectivity index (χ0) is 12.6. The molecule has 1 rings (SSSR count). The lowest BCUT2D eigenvalue weighted by Gasteiger charge is -2.18. The molecule has 0 fully saturated rings. The van der Waals surface area contributed by atoms with Crippen LogP contribution in [0.2, 0.25) is 0 Å². The molecule has 0 aliphatic heterocycles. The lowest BCUT2D eigenvalue weighted by atomic mass is 10.1. The summed E-state index contributed by atoms with van der Waals surface area (Å²) >= 11 is 40.3. The summed E-state index contributed by atoms with van der Waals surface area (Å²) in [4.78, 5) is 0. The Bertz CT molecular complexity index is 342. The van der Waals surface area contributed by atoms with Gasteiger partial charge in [-0.2, -0.15) is 0 Å². The standard InChI is InChI=1S/C9H5Cl7/c10-4-5-1-6(8(11,12)13)3-7(2-5)9(14,15)16/h1-3H,4H2. The molecule has 0 radical (unpaired) electrons. The molecule has 0 saturated carbocycles. The van der Waals surface area contributed by atoms with Gasteiger partial charge in [-0.05, 0) is 11.6 Å². The molecule has 0 amide bonds. The molecule has 1 aromatic carbocycles. The van der Waals surface area contributed by atoms with Crippen LogP contribution in [-0.2, 0) is 13.5 Å². The fraction of sp³-hybridized carbons (Fsp3) is 0.333. The first-order chi connectivity index (χ1) is 7.14. The third kappa shape index (κ3) is 4.17. The molecule has 90 valence electrons. The topological polar surface area (TPSA) is 0 Å². The van der Waals surface area contributed by atoms with Crippen molar-refractivity contribution in [3.8, 4) is 0 Å². The van der Waals surface area contributed by atoms with Crippen LogP contribution in [0.4, 0.5) is 0 Å². The summed E-state index contributed by atoms with van der Waals surface area (Å²) in [5, 5.41) is 0. The molecule has 0 bridgehead atoms. The predicted octanol–water partition coefficient (Wildman–Crippen LogP) is 6.08. The van der Waals surface area contributed by atoms with Crippen molar-refractivity contribution in [3.05, 3.63) is 34.9 Å². The van der Waals surface area contributed by atoms with Crippen LogP contribution in [0.5, 0.6) is 0 Å². The highest BCUT2D eigenvalue weighted by atomic mass is 35.6. The normalized spacial score (nSPS) is 12.9. The highest BCUT2D eigenvalue weighted by Gasteiger charge is 2.29. The molecule has 0 N–H and O–H groups in total. The van der Waals surface area contributed by atoms with Crippen LogP contribution in [0.15, 0.2) is 18.2 Å². The largest absolute Gasteiger partial charge is 0.216 e. The van der Waals surface area contributed by atoms with E-state index in [2.05, 4.69) is 0 Å². The Labute approximate surface area is 129 Å². The molecule has 0 atom stereocenters. The molecule has 0 unspecified atom stereocenters. The van der Waals surface area contributed by atoms with Gasteiger partial charge in [-0.25, -0.2) is 0 Å². The Morgan fingerprint density at radius 2 is 1.12 bits per heavy atom. The minimum atomic E-state index is -1.58. The van der Waals surface area contributed by atoms with Gasteiger partial charge in [0.2, 0.25) is 7.59 Å². The molecule has 1 aromatic rings. The first kappa shape index (κ1) is 15.3. The Balaban J connectivity index is 3.33. The molecule has 0 heterocycles. The van der Waals surface area contributed by atoms with Crippen LogP contribution in [0, 0.1) is 0 Å². The molecule has 0 spiro atoms. The first-order valence-corrected chi connectivity index (χ1v) is 6.79. The van der Waals surface area contributed by atoms with Gasteiger partial charge in [-0.1, -0.05) is 81.7 Å². The Kier molecular flexibility index (Phi) is 5.25. The van der Waals surface area contributed by atoms with Gasteiger partial charge in [-0.3, -0.25) is 0 Å². The molecule has 0 nitrogen and oxygen atoms in total. The number of hydrogen-bond donors (Lipinski definition) is 0. The summed E-state index contributed by atoms with van der Waals surface area (Å²) in [7, 11) is 0. The summed E-state index contributed by atoms with van der Waals surface area (Å²) in [5.74, 6) is 0.238. The maximum absolute atomic E-state index is 5.77. The summed E-state index contributed by atoms with van der Waals surface area (Å²) in [5.41, 5.74) is 1.54. The average Bonchev–Trinajstić information content (AvgIpc) is 2.14. The van der Waals surface area contributed by atoms with E-state index in [4.69, 9.17) is 81.2 Å². The molecular formula is C9H5Cl7. The summed E-state index contributed by atoms with van der Waals surface area (Å²) in [6.07, 6.45) is 0. The van der Waals surface area contributed by atoms with E-state index in [1.165, 1.54) is 6.07 Å².